The summed E-state index contributed by atoms with van der Waals surface area (Å²) in [6, 6.07) is 9.62. The van der Waals surface area contributed by atoms with Gasteiger partial charge < -0.3 is 14.4 Å². The Balaban J connectivity index is 2.24. The van der Waals surface area contributed by atoms with Crippen LogP contribution >= 0.6 is 23.9 Å². The van der Waals surface area contributed by atoms with Gasteiger partial charge in [-0.3, -0.25) is 0 Å². The van der Waals surface area contributed by atoms with E-state index in [0.717, 1.165) is 11.5 Å². The number of methoxy groups -OCH3 is 2. The van der Waals surface area contributed by atoms with Crippen molar-refractivity contribution in [2.75, 3.05) is 28.3 Å². The standard InChI is InChI=1S/C27H35BrNO2P/c1-16-12-21(13-17(2)26(16)30-8)32(22-14-18(3)27(31-9)19(4)15-22)24-11-10-23(25(24)28)20(5)29(6)7/h10-15,20,23H,1-9H3/t20-,23?/m1/s1. The zero-order chi connectivity index (χ0) is 23.7. The summed E-state index contributed by atoms with van der Waals surface area (Å²) in [5.41, 5.74) is 4.70. The van der Waals surface area contributed by atoms with E-state index in [0.29, 0.717) is 12.0 Å². The molecule has 0 aromatic heterocycles. The van der Waals surface area contributed by atoms with Crippen LogP contribution in [-0.2, 0) is 0 Å². The number of ether oxygens (including phenoxy) is 2. The van der Waals surface area contributed by atoms with Gasteiger partial charge >= 0.3 is 0 Å². The fourth-order valence-electron chi connectivity index (χ4n) is 4.59. The van der Waals surface area contributed by atoms with E-state index in [2.05, 4.69) is 106 Å². The van der Waals surface area contributed by atoms with Gasteiger partial charge in [0.05, 0.1) is 14.2 Å². The Morgan fingerprint density at radius 2 is 1.25 bits per heavy atom. The van der Waals surface area contributed by atoms with Gasteiger partial charge in [-0.15, -0.1) is 0 Å². The molecule has 3 nitrogen and oxygen atoms in total. The molecule has 172 valence electrons. The average Bonchev–Trinajstić information content (AvgIpc) is 3.08. The van der Waals surface area contributed by atoms with Crippen molar-refractivity contribution in [2.45, 2.75) is 40.7 Å². The lowest BCUT2D eigenvalue weighted by Crippen LogP contribution is -2.31. The van der Waals surface area contributed by atoms with Crippen LogP contribution in [0.3, 0.4) is 0 Å². The van der Waals surface area contributed by atoms with Crippen molar-refractivity contribution in [3.05, 3.63) is 68.5 Å². The summed E-state index contributed by atoms with van der Waals surface area (Å²) in [5, 5.41) is 4.07. The SMILES string of the molecule is COc1c(C)cc(P(C2=C(Br)C([C@@H](C)N(C)C)C=C2)c2cc(C)c(OC)c(C)c2)cc1C. The van der Waals surface area contributed by atoms with E-state index in [1.54, 1.807) is 14.2 Å². The molecule has 1 aliphatic rings. The van der Waals surface area contributed by atoms with Crippen LogP contribution in [0.4, 0.5) is 0 Å². The largest absolute Gasteiger partial charge is 0.496 e. The summed E-state index contributed by atoms with van der Waals surface area (Å²) in [4.78, 5) is 2.28. The molecule has 0 heterocycles. The Labute approximate surface area is 203 Å². The van der Waals surface area contributed by atoms with Gasteiger partial charge in [-0.25, -0.2) is 0 Å². The van der Waals surface area contributed by atoms with E-state index in [-0.39, 0.29) is 0 Å². The highest BCUT2D eigenvalue weighted by molar-refractivity contribution is 9.11. The molecular weight excluding hydrogens is 481 g/mol. The Morgan fingerprint density at radius 1 is 0.844 bits per heavy atom. The van der Waals surface area contributed by atoms with Crippen LogP contribution in [0.5, 0.6) is 11.5 Å². The van der Waals surface area contributed by atoms with Gasteiger partial charge in [-0.1, -0.05) is 28.1 Å². The number of halogens is 1. The van der Waals surface area contributed by atoms with Gasteiger partial charge in [0, 0.05) is 16.4 Å². The number of aryl methyl sites for hydroxylation is 4. The molecule has 32 heavy (non-hydrogen) atoms. The molecule has 0 amide bonds. The second kappa shape index (κ2) is 10.1. The zero-order valence-electron chi connectivity index (χ0n) is 20.7. The quantitative estimate of drug-likeness (QED) is 0.415. The first-order valence-electron chi connectivity index (χ1n) is 11.0. The third-order valence-electron chi connectivity index (χ3n) is 6.39. The lowest BCUT2D eigenvalue weighted by molar-refractivity contribution is 0.281. The van der Waals surface area contributed by atoms with E-state index < -0.39 is 7.92 Å². The Kier molecular flexibility index (Phi) is 7.91. The number of nitrogens with zero attached hydrogens (tertiary/aromatic N) is 1. The summed E-state index contributed by atoms with van der Waals surface area (Å²) < 4.78 is 12.6. The fraction of sp³-hybridized carbons (Fsp3) is 0.407. The number of hydrogen-bond acceptors (Lipinski definition) is 3. The van der Waals surface area contributed by atoms with Gasteiger partial charge in [0.25, 0.3) is 0 Å². The lowest BCUT2D eigenvalue weighted by atomic mass is 10.0. The van der Waals surface area contributed by atoms with E-state index in [4.69, 9.17) is 9.47 Å². The van der Waals surface area contributed by atoms with E-state index in [1.165, 1.54) is 42.7 Å². The van der Waals surface area contributed by atoms with Crippen molar-refractivity contribution < 1.29 is 9.47 Å². The van der Waals surface area contributed by atoms with Crippen LogP contribution in [0, 0.1) is 33.6 Å². The summed E-state index contributed by atoms with van der Waals surface area (Å²) in [7, 11) is 7.04. The summed E-state index contributed by atoms with van der Waals surface area (Å²) in [5.74, 6) is 2.30. The first kappa shape index (κ1) is 25.0. The highest BCUT2D eigenvalue weighted by Gasteiger charge is 2.31. The smallest absolute Gasteiger partial charge is 0.124 e. The van der Waals surface area contributed by atoms with Gasteiger partial charge in [-0.2, -0.15) is 0 Å². The topological polar surface area (TPSA) is 21.7 Å². The van der Waals surface area contributed by atoms with E-state index in [9.17, 15) is 0 Å². The van der Waals surface area contributed by atoms with Gasteiger partial charge in [-0.05, 0) is 119 Å². The highest BCUT2D eigenvalue weighted by Crippen LogP contribution is 2.52. The normalized spacial score (nSPS) is 16.9. The molecule has 2 aromatic carbocycles. The first-order chi connectivity index (χ1) is 15.1. The minimum atomic E-state index is -0.745. The van der Waals surface area contributed by atoms with Gasteiger partial charge in [0.15, 0.2) is 0 Å². The van der Waals surface area contributed by atoms with Crippen molar-refractivity contribution in [3.8, 4) is 11.5 Å². The van der Waals surface area contributed by atoms with E-state index in [1.807, 2.05) is 0 Å². The van der Waals surface area contributed by atoms with Crippen LogP contribution in [0.15, 0.2) is 46.2 Å². The fourth-order valence-corrected chi connectivity index (χ4v) is 8.53. The maximum atomic E-state index is 5.66. The Hall–Kier alpha value is -1.61. The number of rotatable bonds is 7. The molecule has 0 radical (unpaired) electrons. The van der Waals surface area contributed by atoms with Crippen LogP contribution in [0.1, 0.15) is 29.2 Å². The predicted octanol–water partition coefficient (Wildman–Crippen LogP) is 6.11. The molecule has 0 fully saturated rings. The van der Waals surface area contributed by atoms with Crippen molar-refractivity contribution in [1.82, 2.24) is 4.90 Å². The lowest BCUT2D eigenvalue weighted by Gasteiger charge is -2.27. The summed E-state index contributed by atoms with van der Waals surface area (Å²) >= 11 is 4.02. The minimum Gasteiger partial charge on any atom is -0.496 e. The minimum absolute atomic E-state index is 0.353. The molecule has 3 rings (SSSR count). The predicted molar refractivity (Wildman–Crippen MR) is 143 cm³/mol. The molecule has 1 unspecified atom stereocenters. The second-order valence-corrected chi connectivity index (χ2v) is 11.9. The molecule has 0 saturated heterocycles. The van der Waals surface area contributed by atoms with Crippen molar-refractivity contribution >= 4 is 34.5 Å². The van der Waals surface area contributed by atoms with E-state index >= 15 is 0 Å². The maximum Gasteiger partial charge on any atom is 0.124 e. The van der Waals surface area contributed by atoms with Crippen molar-refractivity contribution in [2.24, 2.45) is 5.92 Å². The third kappa shape index (κ3) is 4.69. The van der Waals surface area contributed by atoms with Crippen LogP contribution in [-0.4, -0.2) is 39.3 Å². The molecule has 0 bridgehead atoms. The van der Waals surface area contributed by atoms with Crippen molar-refractivity contribution in [3.63, 3.8) is 0 Å². The Bertz CT molecular complexity index is 968. The first-order valence-corrected chi connectivity index (χ1v) is 13.1. The van der Waals surface area contributed by atoms with Crippen LogP contribution in [0.2, 0.25) is 0 Å². The molecule has 2 aromatic rings. The molecule has 0 aliphatic heterocycles. The van der Waals surface area contributed by atoms with Gasteiger partial charge in [0.2, 0.25) is 0 Å². The molecule has 0 spiro atoms. The maximum absolute atomic E-state index is 5.66. The molecule has 0 N–H and O–H groups in total. The summed E-state index contributed by atoms with van der Waals surface area (Å²) in [6.45, 7) is 10.8. The summed E-state index contributed by atoms with van der Waals surface area (Å²) in [6.07, 6.45) is 4.69. The second-order valence-electron chi connectivity index (χ2n) is 8.88. The molecule has 0 saturated carbocycles. The highest BCUT2D eigenvalue weighted by atomic mass is 79.9. The number of benzene rings is 2. The van der Waals surface area contributed by atoms with Crippen molar-refractivity contribution in [1.29, 1.82) is 0 Å². The number of allylic oxidation sites excluding steroid dienone is 2. The van der Waals surface area contributed by atoms with Crippen LogP contribution in [0.25, 0.3) is 0 Å². The molecular formula is C27H35BrNO2P. The van der Waals surface area contributed by atoms with Gasteiger partial charge in [0.1, 0.15) is 11.5 Å². The van der Waals surface area contributed by atoms with Crippen LogP contribution < -0.4 is 20.1 Å². The molecule has 2 atom stereocenters. The molecule has 5 heteroatoms. The zero-order valence-corrected chi connectivity index (χ0v) is 23.2. The monoisotopic (exact) mass is 515 g/mol. The average molecular weight is 516 g/mol. The molecule has 1 aliphatic carbocycles. The third-order valence-corrected chi connectivity index (χ3v) is 10.1. The number of hydrogen-bond donors (Lipinski definition) is 0. The Morgan fingerprint density at radius 3 is 1.59 bits per heavy atom.